The summed E-state index contributed by atoms with van der Waals surface area (Å²) < 4.78 is 3.51. The van der Waals surface area contributed by atoms with Crippen LogP contribution in [0.4, 0.5) is 11.4 Å². The second-order valence-electron chi connectivity index (χ2n) is 7.08. The summed E-state index contributed by atoms with van der Waals surface area (Å²) in [5.41, 5.74) is 1.79. The smallest absolute Gasteiger partial charge is 0.273 e. The number of benzene rings is 2. The number of thioether (sulfide) groups is 2. The van der Waals surface area contributed by atoms with E-state index in [1.54, 1.807) is 21.2 Å². The zero-order valence-electron chi connectivity index (χ0n) is 17.4. The van der Waals surface area contributed by atoms with Crippen LogP contribution in [-0.4, -0.2) is 21.3 Å². The lowest BCUT2D eigenvalue weighted by Gasteiger charge is -2.16. The molecule has 0 spiro atoms. The normalized spacial score (nSPS) is 19.2. The van der Waals surface area contributed by atoms with Gasteiger partial charge in [0.15, 0.2) is 4.32 Å². The summed E-state index contributed by atoms with van der Waals surface area (Å²) in [7, 11) is 0. The van der Waals surface area contributed by atoms with E-state index in [0.29, 0.717) is 25.0 Å². The Morgan fingerprint density at radius 3 is 2.34 bits per heavy atom. The van der Waals surface area contributed by atoms with Gasteiger partial charge in [-0.1, -0.05) is 66.1 Å². The number of thiazole rings is 1. The van der Waals surface area contributed by atoms with Gasteiger partial charge in [0.05, 0.1) is 11.4 Å². The molecule has 1 amide bonds. The van der Waals surface area contributed by atoms with Gasteiger partial charge < -0.3 is 4.90 Å². The minimum absolute atomic E-state index is 0.0637. The maximum absolute atomic E-state index is 13.4. The molecule has 2 aliphatic rings. The monoisotopic (exact) mass is 497 g/mol. The van der Waals surface area contributed by atoms with E-state index in [2.05, 4.69) is 24.0 Å². The molecule has 0 N–H and O–H groups in total. The van der Waals surface area contributed by atoms with Crippen LogP contribution >= 0.6 is 47.1 Å². The summed E-state index contributed by atoms with van der Waals surface area (Å²) in [6.07, 6.45) is 0. The van der Waals surface area contributed by atoms with E-state index in [0.717, 1.165) is 27.8 Å². The Morgan fingerprint density at radius 2 is 1.62 bits per heavy atom. The molecule has 3 aromatic rings. The van der Waals surface area contributed by atoms with Crippen molar-refractivity contribution in [2.45, 2.75) is 25.3 Å². The first-order chi connectivity index (χ1) is 15.5. The summed E-state index contributed by atoms with van der Waals surface area (Å²) in [6.45, 7) is 5.25. The molecular formula is C23H19N3O2S4. The average molecular weight is 498 g/mol. The van der Waals surface area contributed by atoms with Crippen LogP contribution < -0.4 is 24.6 Å². The van der Waals surface area contributed by atoms with Gasteiger partial charge in [-0.3, -0.25) is 19.1 Å². The van der Waals surface area contributed by atoms with Crippen LogP contribution in [0.25, 0.3) is 9.93 Å². The van der Waals surface area contributed by atoms with Gasteiger partial charge in [-0.25, -0.2) is 0 Å². The molecule has 1 fully saturated rings. The van der Waals surface area contributed by atoms with E-state index in [-0.39, 0.29) is 11.5 Å². The summed E-state index contributed by atoms with van der Waals surface area (Å²) in [5.74, 6) is -0.180. The predicted octanol–water partition coefficient (Wildman–Crippen LogP) is 3.80. The number of carbonyl (C=O) groups excluding carboxylic acids is 1. The van der Waals surface area contributed by atoms with Crippen molar-refractivity contribution in [1.29, 1.82) is 0 Å². The Hall–Kier alpha value is -2.33. The molecule has 9 heteroatoms. The van der Waals surface area contributed by atoms with Crippen LogP contribution in [0.1, 0.15) is 13.8 Å². The first kappa shape index (κ1) is 21.5. The number of aromatic nitrogens is 1. The Kier molecular flexibility index (Phi) is 5.75. The van der Waals surface area contributed by atoms with E-state index in [1.165, 1.54) is 23.1 Å². The highest BCUT2D eigenvalue weighted by atomic mass is 32.2. The molecule has 0 saturated carbocycles. The molecule has 0 unspecified atom stereocenters. The molecule has 0 bridgehead atoms. The number of fused-ring (bicyclic) bond motifs is 1. The minimum Gasteiger partial charge on any atom is -0.334 e. The van der Waals surface area contributed by atoms with Crippen LogP contribution in [0, 0.1) is 0 Å². The standard InChI is InChI=1S/C23H19N3O2S4/c1-3-24-15-12-8-9-13-16(15)30-21(24)17-19(27)25(4-2)22(31-17)18-20(28)26(23(29)32-18)14-10-6-5-7-11-14/h5-13H,3-4H2,1-2H3/b21-17-,22-18-. The minimum atomic E-state index is -0.180. The predicted molar refractivity (Wildman–Crippen MR) is 140 cm³/mol. The van der Waals surface area contributed by atoms with E-state index in [9.17, 15) is 9.59 Å². The zero-order chi connectivity index (χ0) is 22.4. The van der Waals surface area contributed by atoms with Crippen LogP contribution in [0.15, 0.2) is 64.3 Å². The van der Waals surface area contributed by atoms with Crippen molar-refractivity contribution in [2.75, 3.05) is 16.3 Å². The molecule has 5 rings (SSSR count). The van der Waals surface area contributed by atoms with Gasteiger partial charge in [-0.05, 0) is 38.1 Å². The number of carbonyl (C=O) groups is 1. The highest BCUT2D eigenvalue weighted by Gasteiger charge is 2.35. The van der Waals surface area contributed by atoms with E-state index in [4.69, 9.17) is 12.2 Å². The number of anilines is 2. The number of para-hydroxylation sites is 2. The second kappa shape index (κ2) is 8.55. The van der Waals surface area contributed by atoms with Gasteiger partial charge in [-0.15, -0.1) is 11.3 Å². The van der Waals surface area contributed by atoms with Gasteiger partial charge in [0.1, 0.15) is 19.1 Å². The second-order valence-corrected chi connectivity index (χ2v) is 10.8. The van der Waals surface area contributed by atoms with Gasteiger partial charge in [0.25, 0.3) is 11.5 Å². The summed E-state index contributed by atoms with van der Waals surface area (Å²) >= 11 is 9.79. The van der Waals surface area contributed by atoms with Gasteiger partial charge >= 0.3 is 0 Å². The van der Waals surface area contributed by atoms with Crippen LogP contribution in [0.2, 0.25) is 0 Å². The number of hydrogen-bond acceptors (Lipinski definition) is 7. The number of rotatable bonds is 3. The van der Waals surface area contributed by atoms with Crippen LogP contribution in [-0.2, 0) is 11.3 Å². The largest absolute Gasteiger partial charge is 0.334 e. The first-order valence-electron chi connectivity index (χ1n) is 10.2. The average Bonchev–Trinajstić information content (AvgIpc) is 3.44. The summed E-state index contributed by atoms with van der Waals surface area (Å²) in [5, 5.41) is 0.927. The van der Waals surface area contributed by atoms with Crippen LogP contribution in [0.3, 0.4) is 0 Å². The van der Waals surface area contributed by atoms with Crippen molar-refractivity contribution >= 4 is 78.6 Å². The highest BCUT2D eigenvalue weighted by molar-refractivity contribution is 8.31. The van der Waals surface area contributed by atoms with Crippen molar-refractivity contribution in [2.24, 2.45) is 0 Å². The molecule has 32 heavy (non-hydrogen) atoms. The highest BCUT2D eigenvalue weighted by Crippen LogP contribution is 2.45. The lowest BCUT2D eigenvalue weighted by molar-refractivity contribution is -0.112. The molecule has 162 valence electrons. The zero-order valence-corrected chi connectivity index (χ0v) is 20.7. The van der Waals surface area contributed by atoms with E-state index < -0.39 is 0 Å². The number of thiocarbonyl (C=S) groups is 1. The maximum Gasteiger partial charge on any atom is 0.273 e. The molecule has 2 aromatic carbocycles. The molecule has 0 aliphatic carbocycles. The summed E-state index contributed by atoms with van der Waals surface area (Å²) in [6, 6.07) is 17.6. The third-order valence-corrected chi connectivity index (χ3v) is 9.29. The van der Waals surface area contributed by atoms with E-state index >= 15 is 0 Å². The number of hydrogen-bond donors (Lipinski definition) is 0. The van der Waals surface area contributed by atoms with Crippen molar-refractivity contribution < 1.29 is 4.79 Å². The number of amides is 1. The first-order valence-corrected chi connectivity index (χ1v) is 13.0. The Morgan fingerprint density at radius 1 is 0.906 bits per heavy atom. The van der Waals surface area contributed by atoms with Gasteiger partial charge in [0.2, 0.25) is 0 Å². The quantitative estimate of drug-likeness (QED) is 0.513. The third kappa shape index (κ3) is 3.35. The molecule has 2 aliphatic heterocycles. The molecule has 0 atom stereocenters. The van der Waals surface area contributed by atoms with Crippen molar-refractivity contribution in [3.8, 4) is 0 Å². The fourth-order valence-electron chi connectivity index (χ4n) is 3.82. The molecule has 1 aromatic heterocycles. The molecular weight excluding hydrogens is 479 g/mol. The fourth-order valence-corrected chi connectivity index (χ4v) is 7.83. The lowest BCUT2D eigenvalue weighted by atomic mass is 10.3. The molecule has 5 nitrogen and oxygen atoms in total. The molecule has 1 saturated heterocycles. The molecule has 3 heterocycles. The van der Waals surface area contributed by atoms with Gasteiger partial charge in [-0.2, -0.15) is 0 Å². The lowest BCUT2D eigenvalue weighted by Crippen LogP contribution is -2.35. The Bertz CT molecular complexity index is 1430. The maximum atomic E-state index is 13.4. The Labute approximate surface area is 203 Å². The third-order valence-electron chi connectivity index (χ3n) is 5.30. The van der Waals surface area contributed by atoms with Crippen molar-refractivity contribution in [1.82, 2.24) is 4.57 Å². The van der Waals surface area contributed by atoms with Gasteiger partial charge in [0, 0.05) is 18.0 Å². The van der Waals surface area contributed by atoms with Crippen molar-refractivity contribution in [3.63, 3.8) is 0 Å². The van der Waals surface area contributed by atoms with Crippen molar-refractivity contribution in [3.05, 3.63) is 74.1 Å². The van der Waals surface area contributed by atoms with E-state index in [1.807, 2.05) is 49.4 Å². The number of nitrogens with zero attached hydrogens (tertiary/aromatic N) is 3. The topological polar surface area (TPSA) is 45.5 Å². The Balaban J connectivity index is 1.72. The summed E-state index contributed by atoms with van der Waals surface area (Å²) in [4.78, 5) is 32.2. The SMILES string of the molecule is CCN1/C(=c2/s/c(=C3\SC(=S)N(c4ccccc4)C3=O)n(CC)c2=O)Sc2ccccc21. The fraction of sp³-hybridized carbons (Fsp3) is 0.174. The molecule has 0 radical (unpaired) electrons. The van der Waals surface area contributed by atoms with Crippen LogP contribution in [0.5, 0.6) is 0 Å².